The van der Waals surface area contributed by atoms with Gasteiger partial charge in [-0.25, -0.2) is 8.42 Å². The van der Waals surface area contributed by atoms with Gasteiger partial charge in [0.05, 0.1) is 12.2 Å². The fraction of sp³-hybridized carbons (Fsp3) is 0.400. The quantitative estimate of drug-likeness (QED) is 0.817. The van der Waals surface area contributed by atoms with Crippen molar-refractivity contribution in [2.24, 2.45) is 5.73 Å². The second kappa shape index (κ2) is 6.29. The first kappa shape index (κ1) is 17.2. The summed E-state index contributed by atoms with van der Waals surface area (Å²) < 4.78 is 21.9. The Morgan fingerprint density at radius 1 is 1.38 bits per heavy atom. The lowest BCUT2D eigenvalue weighted by molar-refractivity contribution is -0.117. The van der Waals surface area contributed by atoms with Crippen molar-refractivity contribution in [3.8, 4) is 11.8 Å². The third-order valence-corrected chi connectivity index (χ3v) is 5.26. The van der Waals surface area contributed by atoms with E-state index in [1.165, 1.54) is 13.8 Å². The Hall–Kier alpha value is -1.84. The van der Waals surface area contributed by atoms with Crippen LogP contribution in [0.2, 0.25) is 0 Å². The maximum Gasteiger partial charge on any atom is 0.245 e. The highest BCUT2D eigenvalue weighted by Gasteiger charge is 2.38. The SMILES string of the molecule is Cc1ccc(NC(=O)C(C)(C)S(C)(=O)=O)c(C#CCN)c1. The van der Waals surface area contributed by atoms with Crippen LogP contribution >= 0.6 is 0 Å². The Labute approximate surface area is 125 Å². The monoisotopic (exact) mass is 308 g/mol. The molecule has 1 amide bonds. The average Bonchev–Trinajstić information content (AvgIpc) is 2.37. The van der Waals surface area contributed by atoms with Crippen LogP contribution in [0.1, 0.15) is 25.0 Å². The molecule has 21 heavy (non-hydrogen) atoms. The molecule has 0 spiro atoms. The lowest BCUT2D eigenvalue weighted by Crippen LogP contribution is -2.44. The zero-order valence-corrected chi connectivity index (χ0v) is 13.5. The van der Waals surface area contributed by atoms with Crippen LogP contribution in [0.5, 0.6) is 0 Å². The first-order valence-electron chi connectivity index (χ1n) is 6.40. The number of anilines is 1. The van der Waals surface area contributed by atoms with Gasteiger partial charge in [-0.15, -0.1) is 0 Å². The molecule has 0 saturated carbocycles. The van der Waals surface area contributed by atoms with Crippen molar-refractivity contribution in [3.05, 3.63) is 29.3 Å². The van der Waals surface area contributed by atoms with Crippen molar-refractivity contribution in [3.63, 3.8) is 0 Å². The maximum absolute atomic E-state index is 12.2. The van der Waals surface area contributed by atoms with E-state index in [-0.39, 0.29) is 6.54 Å². The summed E-state index contributed by atoms with van der Waals surface area (Å²) in [6.45, 7) is 4.85. The van der Waals surface area contributed by atoms with Crippen LogP contribution in [0, 0.1) is 18.8 Å². The zero-order valence-electron chi connectivity index (χ0n) is 12.6. The molecule has 0 heterocycles. The summed E-state index contributed by atoms with van der Waals surface area (Å²) in [5.41, 5.74) is 7.42. The van der Waals surface area contributed by atoms with Gasteiger partial charge < -0.3 is 11.1 Å². The number of rotatable bonds is 3. The van der Waals surface area contributed by atoms with Crippen LogP contribution in [0.15, 0.2) is 18.2 Å². The van der Waals surface area contributed by atoms with Gasteiger partial charge in [0.25, 0.3) is 0 Å². The van der Waals surface area contributed by atoms with Crippen LogP contribution in [-0.4, -0.2) is 31.9 Å². The van der Waals surface area contributed by atoms with Gasteiger partial charge in [-0.1, -0.05) is 17.9 Å². The predicted molar refractivity (Wildman–Crippen MR) is 84.7 cm³/mol. The molecule has 0 aliphatic rings. The molecule has 0 fully saturated rings. The summed E-state index contributed by atoms with van der Waals surface area (Å²) in [5, 5.41) is 2.63. The van der Waals surface area contributed by atoms with Gasteiger partial charge in [0, 0.05) is 11.8 Å². The molecule has 5 nitrogen and oxygen atoms in total. The van der Waals surface area contributed by atoms with E-state index in [0.717, 1.165) is 11.8 Å². The van der Waals surface area contributed by atoms with Crippen molar-refractivity contribution in [1.29, 1.82) is 0 Å². The van der Waals surface area contributed by atoms with Gasteiger partial charge >= 0.3 is 0 Å². The predicted octanol–water partition coefficient (Wildman–Crippen LogP) is 1.07. The van der Waals surface area contributed by atoms with Crippen molar-refractivity contribution in [2.75, 3.05) is 18.1 Å². The van der Waals surface area contributed by atoms with Crippen LogP contribution in [-0.2, 0) is 14.6 Å². The number of carbonyl (C=O) groups excluding carboxylic acids is 1. The van der Waals surface area contributed by atoms with Crippen LogP contribution in [0.3, 0.4) is 0 Å². The molecule has 0 bridgehead atoms. The number of hydrogen-bond donors (Lipinski definition) is 2. The molecule has 0 aliphatic heterocycles. The van der Waals surface area contributed by atoms with Crippen LogP contribution in [0.4, 0.5) is 5.69 Å². The Kier molecular flexibility index (Phi) is 5.15. The number of sulfone groups is 1. The average molecular weight is 308 g/mol. The molecule has 0 saturated heterocycles. The third kappa shape index (κ3) is 4.06. The highest BCUT2D eigenvalue weighted by Crippen LogP contribution is 2.21. The number of nitrogens with one attached hydrogen (secondary N) is 1. The van der Waals surface area contributed by atoms with Gasteiger partial charge in [0.1, 0.15) is 4.75 Å². The lowest BCUT2D eigenvalue weighted by atomic mass is 10.1. The van der Waals surface area contributed by atoms with E-state index in [2.05, 4.69) is 17.2 Å². The summed E-state index contributed by atoms with van der Waals surface area (Å²) in [5.74, 6) is 5.00. The molecule has 1 aromatic rings. The Bertz CT molecular complexity index is 710. The minimum absolute atomic E-state index is 0.205. The molecule has 1 aromatic carbocycles. The van der Waals surface area contributed by atoms with Gasteiger partial charge in [0.2, 0.25) is 5.91 Å². The van der Waals surface area contributed by atoms with Crippen molar-refractivity contribution >= 4 is 21.4 Å². The van der Waals surface area contributed by atoms with Gasteiger partial charge in [0.15, 0.2) is 9.84 Å². The molecule has 1 rings (SSSR count). The number of amides is 1. The molecule has 6 heteroatoms. The topological polar surface area (TPSA) is 89.3 Å². The standard InChI is InChI=1S/C15H20N2O3S/c1-11-7-8-13(12(10-11)6-5-9-16)17-14(18)15(2,3)21(4,19)20/h7-8,10H,9,16H2,1-4H3,(H,17,18). The lowest BCUT2D eigenvalue weighted by Gasteiger charge is -2.22. The summed E-state index contributed by atoms with van der Waals surface area (Å²) in [6.07, 6.45) is 1.04. The van der Waals surface area contributed by atoms with E-state index in [0.29, 0.717) is 11.3 Å². The molecule has 3 N–H and O–H groups in total. The summed E-state index contributed by atoms with van der Waals surface area (Å²) in [7, 11) is -3.53. The molecule has 114 valence electrons. The number of benzene rings is 1. The normalized spacial score (nSPS) is 11.5. The first-order chi connectivity index (χ1) is 9.59. The summed E-state index contributed by atoms with van der Waals surface area (Å²) >= 11 is 0. The zero-order chi connectivity index (χ0) is 16.3. The second-order valence-electron chi connectivity index (χ2n) is 5.29. The minimum Gasteiger partial charge on any atom is -0.324 e. The maximum atomic E-state index is 12.2. The molecule has 0 radical (unpaired) electrons. The van der Waals surface area contributed by atoms with E-state index in [4.69, 9.17) is 5.73 Å². The van der Waals surface area contributed by atoms with Gasteiger partial charge in [-0.2, -0.15) is 0 Å². The van der Waals surface area contributed by atoms with E-state index in [1.807, 2.05) is 19.1 Å². The third-order valence-electron chi connectivity index (χ3n) is 3.22. The van der Waals surface area contributed by atoms with E-state index in [9.17, 15) is 13.2 Å². The van der Waals surface area contributed by atoms with Gasteiger partial charge in [-0.05, 0) is 38.5 Å². The van der Waals surface area contributed by atoms with Crippen molar-refractivity contribution in [2.45, 2.75) is 25.5 Å². The van der Waals surface area contributed by atoms with E-state index in [1.54, 1.807) is 6.07 Å². The highest BCUT2D eigenvalue weighted by molar-refractivity contribution is 7.92. The smallest absolute Gasteiger partial charge is 0.245 e. The fourth-order valence-electron chi connectivity index (χ4n) is 1.46. The molecule has 0 atom stereocenters. The molecule has 0 unspecified atom stereocenters. The Balaban J connectivity index is 3.17. The Morgan fingerprint density at radius 2 is 2.00 bits per heavy atom. The Morgan fingerprint density at radius 3 is 2.52 bits per heavy atom. The van der Waals surface area contributed by atoms with Crippen molar-refractivity contribution in [1.82, 2.24) is 0 Å². The summed E-state index contributed by atoms with van der Waals surface area (Å²) in [4.78, 5) is 12.2. The number of hydrogen-bond acceptors (Lipinski definition) is 4. The first-order valence-corrected chi connectivity index (χ1v) is 8.29. The molecular weight excluding hydrogens is 288 g/mol. The molecule has 0 aliphatic carbocycles. The largest absolute Gasteiger partial charge is 0.324 e. The minimum atomic E-state index is -3.53. The summed E-state index contributed by atoms with van der Waals surface area (Å²) in [6, 6.07) is 5.33. The van der Waals surface area contributed by atoms with Crippen LogP contribution < -0.4 is 11.1 Å². The highest BCUT2D eigenvalue weighted by atomic mass is 32.2. The molecular formula is C15H20N2O3S. The molecule has 0 aromatic heterocycles. The van der Waals surface area contributed by atoms with Crippen molar-refractivity contribution < 1.29 is 13.2 Å². The van der Waals surface area contributed by atoms with Crippen LogP contribution in [0.25, 0.3) is 0 Å². The number of aryl methyl sites for hydroxylation is 1. The fourth-order valence-corrected chi connectivity index (χ4v) is 1.85. The van der Waals surface area contributed by atoms with E-state index < -0.39 is 20.5 Å². The number of nitrogens with two attached hydrogens (primary N) is 1. The van der Waals surface area contributed by atoms with Gasteiger partial charge in [-0.3, -0.25) is 4.79 Å². The van der Waals surface area contributed by atoms with E-state index >= 15 is 0 Å². The number of carbonyl (C=O) groups is 1. The second-order valence-corrected chi connectivity index (χ2v) is 7.86.